The van der Waals surface area contributed by atoms with E-state index in [0.717, 1.165) is 32.5 Å². The lowest BCUT2D eigenvalue weighted by atomic mass is 9.95. The van der Waals surface area contributed by atoms with Crippen LogP contribution in [0.4, 0.5) is 4.79 Å². The Balaban J connectivity index is 1.69. The first-order valence-corrected chi connectivity index (χ1v) is 7.48. The summed E-state index contributed by atoms with van der Waals surface area (Å²) in [5, 5.41) is 6.54. The van der Waals surface area contributed by atoms with Gasteiger partial charge in [0.1, 0.15) is 0 Å². The predicted octanol–water partition coefficient (Wildman–Crippen LogP) is 1.96. The van der Waals surface area contributed by atoms with Crippen molar-refractivity contribution >= 4 is 6.03 Å². The molecule has 4 nitrogen and oxygen atoms in total. The number of urea groups is 1. The fourth-order valence-electron chi connectivity index (χ4n) is 3.07. The third-order valence-electron chi connectivity index (χ3n) is 4.27. The van der Waals surface area contributed by atoms with Crippen molar-refractivity contribution in [2.45, 2.75) is 51.0 Å². The maximum absolute atomic E-state index is 12.1. The van der Waals surface area contributed by atoms with E-state index in [1.54, 1.807) is 0 Å². The van der Waals surface area contributed by atoms with Crippen LogP contribution in [0.25, 0.3) is 0 Å². The minimum Gasteiger partial charge on any atom is -0.335 e. The molecule has 4 heteroatoms. The van der Waals surface area contributed by atoms with Crippen molar-refractivity contribution in [2.75, 3.05) is 26.7 Å². The van der Waals surface area contributed by atoms with Crippen LogP contribution in [-0.4, -0.2) is 43.7 Å². The zero-order chi connectivity index (χ0) is 12.8. The minimum absolute atomic E-state index is 0.125. The van der Waals surface area contributed by atoms with Crippen molar-refractivity contribution in [3.05, 3.63) is 0 Å². The Bertz CT molecular complexity index is 258. The van der Waals surface area contributed by atoms with E-state index in [-0.39, 0.29) is 6.03 Å². The van der Waals surface area contributed by atoms with E-state index in [2.05, 4.69) is 10.6 Å². The number of nitrogens with one attached hydrogen (secondary N) is 2. The molecule has 0 atom stereocenters. The van der Waals surface area contributed by atoms with Gasteiger partial charge in [0, 0.05) is 19.6 Å². The van der Waals surface area contributed by atoms with Crippen LogP contribution in [0.2, 0.25) is 0 Å². The summed E-state index contributed by atoms with van der Waals surface area (Å²) in [5.74, 6) is 0.674. The molecule has 0 radical (unpaired) electrons. The smallest absolute Gasteiger partial charge is 0.317 e. The standard InChI is InChI=1S/C14H27N3O/c1-17(11-12-7-9-15-10-8-12)14(18)16-13-5-3-2-4-6-13/h12-13,15H,2-11H2,1H3,(H,16,18). The van der Waals surface area contributed by atoms with E-state index in [1.807, 2.05) is 11.9 Å². The normalized spacial score (nSPS) is 22.7. The molecule has 2 aliphatic rings. The fraction of sp³-hybridized carbons (Fsp3) is 0.929. The highest BCUT2D eigenvalue weighted by Crippen LogP contribution is 2.18. The molecule has 2 amide bonds. The van der Waals surface area contributed by atoms with Crippen LogP contribution in [0.3, 0.4) is 0 Å². The van der Waals surface area contributed by atoms with Gasteiger partial charge in [0.2, 0.25) is 0 Å². The molecule has 104 valence electrons. The molecular formula is C14H27N3O. The van der Waals surface area contributed by atoms with Crippen LogP contribution in [0.1, 0.15) is 44.9 Å². The number of hydrogen-bond donors (Lipinski definition) is 2. The van der Waals surface area contributed by atoms with Gasteiger partial charge >= 0.3 is 6.03 Å². The van der Waals surface area contributed by atoms with Gasteiger partial charge < -0.3 is 15.5 Å². The molecule has 0 aromatic rings. The van der Waals surface area contributed by atoms with Crippen molar-refractivity contribution in [1.29, 1.82) is 0 Å². The molecule has 0 spiro atoms. The summed E-state index contributed by atoms with van der Waals surface area (Å²) in [7, 11) is 1.93. The van der Waals surface area contributed by atoms with E-state index in [4.69, 9.17) is 0 Å². The summed E-state index contributed by atoms with van der Waals surface area (Å²) in [4.78, 5) is 14.0. The molecule has 1 saturated heterocycles. The van der Waals surface area contributed by atoms with Gasteiger partial charge in [-0.05, 0) is 44.7 Å². The molecule has 0 aromatic carbocycles. The van der Waals surface area contributed by atoms with Crippen LogP contribution in [-0.2, 0) is 0 Å². The van der Waals surface area contributed by atoms with Crippen molar-refractivity contribution in [3.63, 3.8) is 0 Å². The average molecular weight is 253 g/mol. The second kappa shape index (κ2) is 6.98. The highest BCUT2D eigenvalue weighted by Gasteiger charge is 2.21. The van der Waals surface area contributed by atoms with Gasteiger partial charge in [-0.2, -0.15) is 0 Å². The predicted molar refractivity (Wildman–Crippen MR) is 73.6 cm³/mol. The molecule has 1 saturated carbocycles. The molecule has 2 fully saturated rings. The zero-order valence-corrected chi connectivity index (χ0v) is 11.6. The molecule has 2 N–H and O–H groups in total. The number of rotatable bonds is 3. The number of piperidine rings is 1. The Morgan fingerprint density at radius 1 is 1.17 bits per heavy atom. The van der Waals surface area contributed by atoms with E-state index in [9.17, 15) is 4.79 Å². The molecular weight excluding hydrogens is 226 g/mol. The number of amides is 2. The van der Waals surface area contributed by atoms with Crippen LogP contribution in [0.15, 0.2) is 0 Å². The fourth-order valence-corrected chi connectivity index (χ4v) is 3.07. The number of nitrogens with zero attached hydrogens (tertiary/aromatic N) is 1. The summed E-state index contributed by atoms with van der Waals surface area (Å²) in [6.45, 7) is 3.10. The van der Waals surface area contributed by atoms with Crippen LogP contribution >= 0.6 is 0 Å². The first kappa shape index (κ1) is 13.7. The van der Waals surface area contributed by atoms with Crippen LogP contribution < -0.4 is 10.6 Å². The quantitative estimate of drug-likeness (QED) is 0.807. The maximum Gasteiger partial charge on any atom is 0.317 e. The third-order valence-corrected chi connectivity index (χ3v) is 4.27. The number of carbonyl (C=O) groups is 1. The summed E-state index contributed by atoms with van der Waals surface area (Å²) < 4.78 is 0. The lowest BCUT2D eigenvalue weighted by Gasteiger charge is -2.30. The highest BCUT2D eigenvalue weighted by molar-refractivity contribution is 5.74. The first-order chi connectivity index (χ1) is 8.75. The second-order valence-electron chi connectivity index (χ2n) is 5.86. The average Bonchev–Trinajstić information content (AvgIpc) is 2.41. The molecule has 1 aliphatic carbocycles. The summed E-state index contributed by atoms with van der Waals surface area (Å²) >= 11 is 0. The number of hydrogen-bond acceptors (Lipinski definition) is 2. The van der Waals surface area contributed by atoms with Gasteiger partial charge in [0.05, 0.1) is 0 Å². The Morgan fingerprint density at radius 3 is 2.50 bits per heavy atom. The minimum atomic E-state index is 0.125. The van der Waals surface area contributed by atoms with Gasteiger partial charge in [-0.15, -0.1) is 0 Å². The van der Waals surface area contributed by atoms with Crippen molar-refractivity contribution in [2.24, 2.45) is 5.92 Å². The van der Waals surface area contributed by atoms with Gasteiger partial charge in [-0.1, -0.05) is 19.3 Å². The number of carbonyl (C=O) groups excluding carboxylic acids is 1. The van der Waals surface area contributed by atoms with Gasteiger partial charge in [-0.25, -0.2) is 4.79 Å². The Hall–Kier alpha value is -0.770. The summed E-state index contributed by atoms with van der Waals surface area (Å²) in [6.07, 6.45) is 8.57. The van der Waals surface area contributed by atoms with Gasteiger partial charge in [0.25, 0.3) is 0 Å². The second-order valence-corrected chi connectivity index (χ2v) is 5.86. The lowest BCUT2D eigenvalue weighted by molar-refractivity contribution is 0.186. The topological polar surface area (TPSA) is 44.4 Å². The largest absolute Gasteiger partial charge is 0.335 e. The molecule has 1 heterocycles. The van der Waals surface area contributed by atoms with Crippen molar-refractivity contribution in [1.82, 2.24) is 15.5 Å². The highest BCUT2D eigenvalue weighted by atomic mass is 16.2. The monoisotopic (exact) mass is 253 g/mol. The Kier molecular flexibility index (Phi) is 5.29. The molecule has 1 aliphatic heterocycles. The van der Waals surface area contributed by atoms with Crippen LogP contribution in [0.5, 0.6) is 0 Å². The molecule has 0 aromatic heterocycles. The summed E-state index contributed by atoms with van der Waals surface area (Å²) in [5.41, 5.74) is 0. The zero-order valence-electron chi connectivity index (χ0n) is 11.6. The summed E-state index contributed by atoms with van der Waals surface area (Å²) in [6, 6.07) is 0.544. The third kappa shape index (κ3) is 4.16. The van der Waals surface area contributed by atoms with E-state index in [1.165, 1.54) is 32.1 Å². The molecule has 2 rings (SSSR count). The van der Waals surface area contributed by atoms with E-state index >= 15 is 0 Å². The molecule has 0 unspecified atom stereocenters. The van der Waals surface area contributed by atoms with E-state index < -0.39 is 0 Å². The lowest BCUT2D eigenvalue weighted by Crippen LogP contribution is -2.46. The maximum atomic E-state index is 12.1. The van der Waals surface area contributed by atoms with Crippen LogP contribution in [0, 0.1) is 5.92 Å². The van der Waals surface area contributed by atoms with Crippen molar-refractivity contribution < 1.29 is 4.79 Å². The molecule has 0 bridgehead atoms. The Morgan fingerprint density at radius 2 is 1.83 bits per heavy atom. The molecule has 18 heavy (non-hydrogen) atoms. The van der Waals surface area contributed by atoms with Gasteiger partial charge in [-0.3, -0.25) is 0 Å². The van der Waals surface area contributed by atoms with Gasteiger partial charge in [0.15, 0.2) is 0 Å². The SMILES string of the molecule is CN(CC1CCNCC1)C(=O)NC1CCCCC1. The first-order valence-electron chi connectivity index (χ1n) is 7.48. The van der Waals surface area contributed by atoms with Crippen molar-refractivity contribution in [3.8, 4) is 0 Å². The van der Waals surface area contributed by atoms with E-state index in [0.29, 0.717) is 12.0 Å². The Labute approximate surface area is 110 Å².